The zero-order valence-electron chi connectivity index (χ0n) is 12.9. The van der Waals surface area contributed by atoms with Crippen LogP contribution in [0.2, 0.25) is 0 Å². The van der Waals surface area contributed by atoms with Crippen molar-refractivity contribution in [1.82, 2.24) is 9.62 Å². The van der Waals surface area contributed by atoms with Crippen LogP contribution in [0.3, 0.4) is 0 Å². The van der Waals surface area contributed by atoms with Gasteiger partial charge in [-0.1, -0.05) is 13.8 Å². The van der Waals surface area contributed by atoms with E-state index in [4.69, 9.17) is 5.11 Å². The van der Waals surface area contributed by atoms with Gasteiger partial charge in [-0.05, 0) is 18.2 Å². The lowest BCUT2D eigenvalue weighted by molar-refractivity contribution is -0.136. The van der Waals surface area contributed by atoms with Gasteiger partial charge < -0.3 is 10.4 Å². The van der Waals surface area contributed by atoms with Gasteiger partial charge in [0.2, 0.25) is 10.0 Å². The second kappa shape index (κ2) is 8.02. The molecule has 0 atom stereocenters. The molecule has 0 saturated carbocycles. The van der Waals surface area contributed by atoms with E-state index in [-0.39, 0.29) is 31.0 Å². The summed E-state index contributed by atoms with van der Waals surface area (Å²) >= 11 is 0. The predicted octanol–water partition coefficient (Wildman–Crippen LogP) is 1.06. The molecule has 9 heteroatoms. The molecule has 23 heavy (non-hydrogen) atoms. The van der Waals surface area contributed by atoms with E-state index in [0.29, 0.717) is 0 Å². The molecule has 0 unspecified atom stereocenters. The Kier molecular flexibility index (Phi) is 6.64. The first-order valence-electron chi connectivity index (χ1n) is 7.03. The minimum absolute atomic E-state index is 0.180. The normalized spacial score (nSPS) is 11.5. The molecule has 0 aliphatic carbocycles. The van der Waals surface area contributed by atoms with Gasteiger partial charge in [0, 0.05) is 19.6 Å². The highest BCUT2D eigenvalue weighted by Crippen LogP contribution is 2.19. The standard InChI is InChI=1S/C14H19FN2O5S/c1-3-17(4-2)23(21,22)10-5-6-12(15)11(9-10)14(20)16-8-7-13(18)19/h5-6,9H,3-4,7-8H2,1-2H3,(H,16,20)(H,18,19). The van der Waals surface area contributed by atoms with Crippen LogP contribution in [0, 0.1) is 5.82 Å². The Balaban J connectivity index is 3.08. The van der Waals surface area contributed by atoms with Crippen LogP contribution in [0.1, 0.15) is 30.6 Å². The van der Waals surface area contributed by atoms with Gasteiger partial charge in [-0.25, -0.2) is 12.8 Å². The first-order valence-corrected chi connectivity index (χ1v) is 8.47. The summed E-state index contributed by atoms with van der Waals surface area (Å²) in [5, 5.41) is 10.7. The van der Waals surface area contributed by atoms with Crippen LogP contribution in [0.4, 0.5) is 4.39 Å². The fraction of sp³-hybridized carbons (Fsp3) is 0.429. The number of carbonyl (C=O) groups excluding carboxylic acids is 1. The third-order valence-electron chi connectivity index (χ3n) is 3.15. The fourth-order valence-corrected chi connectivity index (χ4v) is 3.41. The summed E-state index contributed by atoms with van der Waals surface area (Å²) in [4.78, 5) is 22.1. The Morgan fingerprint density at radius 3 is 2.39 bits per heavy atom. The maximum atomic E-state index is 13.8. The highest BCUT2D eigenvalue weighted by atomic mass is 32.2. The molecule has 0 heterocycles. The van der Waals surface area contributed by atoms with Crippen LogP contribution >= 0.6 is 0 Å². The lowest BCUT2D eigenvalue weighted by Gasteiger charge is -2.18. The van der Waals surface area contributed by atoms with Crippen molar-refractivity contribution in [3.05, 3.63) is 29.6 Å². The molecule has 0 spiro atoms. The van der Waals surface area contributed by atoms with Crippen molar-refractivity contribution >= 4 is 21.9 Å². The first-order chi connectivity index (χ1) is 10.7. The maximum absolute atomic E-state index is 13.8. The van der Waals surface area contributed by atoms with Gasteiger partial charge in [-0.3, -0.25) is 9.59 Å². The molecule has 128 valence electrons. The van der Waals surface area contributed by atoms with Crippen molar-refractivity contribution in [2.24, 2.45) is 0 Å². The number of hydrogen-bond acceptors (Lipinski definition) is 4. The largest absolute Gasteiger partial charge is 0.481 e. The van der Waals surface area contributed by atoms with Gasteiger partial charge >= 0.3 is 5.97 Å². The summed E-state index contributed by atoms with van der Waals surface area (Å²) in [6, 6.07) is 2.96. The predicted molar refractivity (Wildman–Crippen MR) is 81.1 cm³/mol. The maximum Gasteiger partial charge on any atom is 0.305 e. The Labute approximate surface area is 134 Å². The van der Waals surface area contributed by atoms with Crippen LogP contribution in [0.25, 0.3) is 0 Å². The van der Waals surface area contributed by atoms with Crippen LogP contribution < -0.4 is 5.32 Å². The number of rotatable bonds is 8. The van der Waals surface area contributed by atoms with Gasteiger partial charge in [0.1, 0.15) is 5.82 Å². The highest BCUT2D eigenvalue weighted by molar-refractivity contribution is 7.89. The zero-order valence-corrected chi connectivity index (χ0v) is 13.7. The minimum Gasteiger partial charge on any atom is -0.481 e. The van der Waals surface area contributed by atoms with E-state index in [1.54, 1.807) is 13.8 Å². The van der Waals surface area contributed by atoms with E-state index < -0.39 is 33.3 Å². The Hall–Kier alpha value is -2.00. The van der Waals surface area contributed by atoms with Crippen LogP contribution in [0.15, 0.2) is 23.1 Å². The summed E-state index contributed by atoms with van der Waals surface area (Å²) in [6.07, 6.45) is -0.315. The lowest BCUT2D eigenvalue weighted by atomic mass is 10.2. The van der Waals surface area contributed by atoms with Crippen LogP contribution in [-0.4, -0.2) is 49.3 Å². The summed E-state index contributed by atoms with van der Waals surface area (Å²) in [5.74, 6) is -2.85. The number of halogens is 1. The van der Waals surface area contributed by atoms with Gasteiger partial charge in [0.05, 0.1) is 16.9 Å². The van der Waals surface area contributed by atoms with E-state index in [0.717, 1.165) is 18.2 Å². The molecule has 1 amide bonds. The molecular formula is C14H19FN2O5S. The van der Waals surface area contributed by atoms with Crippen molar-refractivity contribution in [3.63, 3.8) is 0 Å². The van der Waals surface area contributed by atoms with Crippen molar-refractivity contribution in [3.8, 4) is 0 Å². The van der Waals surface area contributed by atoms with Crippen LogP contribution in [0.5, 0.6) is 0 Å². The summed E-state index contributed by atoms with van der Waals surface area (Å²) in [7, 11) is -3.82. The van der Waals surface area contributed by atoms with E-state index in [2.05, 4.69) is 5.32 Å². The second-order valence-electron chi connectivity index (χ2n) is 4.63. The number of sulfonamides is 1. The molecule has 2 N–H and O–H groups in total. The van der Waals surface area contributed by atoms with Gasteiger partial charge in [0.15, 0.2) is 0 Å². The van der Waals surface area contributed by atoms with Crippen molar-refractivity contribution in [2.45, 2.75) is 25.2 Å². The Bertz CT molecular complexity index is 686. The summed E-state index contributed by atoms with van der Waals surface area (Å²) in [6.45, 7) is 3.65. The molecule has 0 fully saturated rings. The fourth-order valence-electron chi connectivity index (χ4n) is 1.93. The number of carbonyl (C=O) groups is 2. The minimum atomic E-state index is -3.82. The third-order valence-corrected chi connectivity index (χ3v) is 5.20. The smallest absolute Gasteiger partial charge is 0.305 e. The number of aliphatic carboxylic acids is 1. The number of carboxylic acids is 1. The average Bonchev–Trinajstić information content (AvgIpc) is 2.47. The number of benzene rings is 1. The molecule has 7 nitrogen and oxygen atoms in total. The Morgan fingerprint density at radius 2 is 1.87 bits per heavy atom. The average molecular weight is 346 g/mol. The molecule has 0 saturated heterocycles. The van der Waals surface area contributed by atoms with Gasteiger partial charge in [0.25, 0.3) is 5.91 Å². The third kappa shape index (κ3) is 4.73. The zero-order chi connectivity index (χ0) is 17.6. The number of nitrogens with zero attached hydrogens (tertiary/aromatic N) is 1. The van der Waals surface area contributed by atoms with Crippen molar-refractivity contribution in [2.75, 3.05) is 19.6 Å². The molecule has 1 rings (SSSR count). The van der Waals surface area contributed by atoms with Gasteiger partial charge in [-0.2, -0.15) is 4.31 Å². The topological polar surface area (TPSA) is 104 Å². The van der Waals surface area contributed by atoms with E-state index in [9.17, 15) is 22.4 Å². The molecule has 0 aliphatic heterocycles. The number of nitrogens with one attached hydrogen (secondary N) is 1. The SMILES string of the molecule is CCN(CC)S(=O)(=O)c1ccc(F)c(C(=O)NCCC(=O)O)c1. The summed E-state index contributed by atoms with van der Waals surface area (Å²) < 4.78 is 39.7. The van der Waals surface area contributed by atoms with Crippen molar-refractivity contribution < 1.29 is 27.5 Å². The quantitative estimate of drug-likeness (QED) is 0.732. The van der Waals surface area contributed by atoms with Crippen molar-refractivity contribution in [1.29, 1.82) is 0 Å². The molecule has 0 aromatic heterocycles. The number of carboxylic acid groups (broad SMARTS) is 1. The molecular weight excluding hydrogens is 327 g/mol. The van der Waals surface area contributed by atoms with E-state index >= 15 is 0 Å². The highest BCUT2D eigenvalue weighted by Gasteiger charge is 2.24. The number of hydrogen-bond donors (Lipinski definition) is 2. The molecule has 1 aromatic rings. The summed E-state index contributed by atoms with van der Waals surface area (Å²) in [5.41, 5.74) is -0.441. The molecule has 0 radical (unpaired) electrons. The number of amides is 1. The molecule has 0 aliphatic rings. The second-order valence-corrected chi connectivity index (χ2v) is 6.57. The monoisotopic (exact) mass is 346 g/mol. The Morgan fingerprint density at radius 1 is 1.26 bits per heavy atom. The van der Waals surface area contributed by atoms with E-state index in [1.807, 2.05) is 0 Å². The van der Waals surface area contributed by atoms with E-state index in [1.165, 1.54) is 4.31 Å². The first kappa shape index (κ1) is 19.0. The van der Waals surface area contributed by atoms with Crippen LogP contribution in [-0.2, 0) is 14.8 Å². The molecule has 1 aromatic carbocycles. The molecule has 0 bridgehead atoms. The lowest BCUT2D eigenvalue weighted by Crippen LogP contribution is -2.31. The van der Waals surface area contributed by atoms with Gasteiger partial charge in [-0.15, -0.1) is 0 Å².